The Morgan fingerprint density at radius 2 is 1.74 bits per heavy atom. The van der Waals surface area contributed by atoms with Crippen LogP contribution in [-0.4, -0.2) is 24.9 Å². The van der Waals surface area contributed by atoms with Gasteiger partial charge in [0.05, 0.1) is 19.8 Å². The van der Waals surface area contributed by atoms with Crippen LogP contribution in [0.4, 0.5) is 5.69 Å². The van der Waals surface area contributed by atoms with Crippen molar-refractivity contribution in [1.29, 1.82) is 0 Å². The molecule has 0 radical (unpaired) electrons. The molecule has 0 saturated carbocycles. The first-order chi connectivity index (χ1) is 8.94. The summed E-state index contributed by atoms with van der Waals surface area (Å²) in [5, 5.41) is 4.11. The minimum atomic E-state index is -0.226. The van der Waals surface area contributed by atoms with Gasteiger partial charge in [-0.05, 0) is 13.8 Å². The molecule has 0 amide bonds. The number of thioether (sulfide) groups is 1. The molecule has 19 heavy (non-hydrogen) atoms. The van der Waals surface area contributed by atoms with Crippen LogP contribution in [0.25, 0.3) is 0 Å². The Balaban J connectivity index is 2.22. The standard InChI is InChI=1S/C14H18N2O2S/c1-9-14(2,3)16-13(19-9)15-10-6-11(17-4)8-12(7-10)18-5/h6-8H,1H2,2-5H3,(H,15,16). The number of hydrogen-bond acceptors (Lipinski definition) is 5. The Bertz CT molecular complexity index is 516. The first-order valence-electron chi connectivity index (χ1n) is 5.92. The molecule has 0 fully saturated rings. The lowest BCUT2D eigenvalue weighted by atomic mass is 10.1. The monoisotopic (exact) mass is 278 g/mol. The van der Waals surface area contributed by atoms with E-state index in [2.05, 4.69) is 16.9 Å². The number of hydrogen-bond donors (Lipinski definition) is 1. The Hall–Kier alpha value is -1.62. The number of nitrogens with zero attached hydrogens (tertiary/aromatic N) is 1. The van der Waals surface area contributed by atoms with Gasteiger partial charge in [0, 0.05) is 28.8 Å². The normalized spacial score (nSPS) is 17.1. The second kappa shape index (κ2) is 5.17. The summed E-state index contributed by atoms with van der Waals surface area (Å²) in [4.78, 5) is 5.63. The molecule has 0 aromatic heterocycles. The summed E-state index contributed by atoms with van der Waals surface area (Å²) in [7, 11) is 3.26. The van der Waals surface area contributed by atoms with Crippen molar-refractivity contribution in [2.24, 2.45) is 4.99 Å². The van der Waals surface area contributed by atoms with Gasteiger partial charge in [-0.3, -0.25) is 4.99 Å². The van der Waals surface area contributed by atoms with Crippen molar-refractivity contribution in [2.45, 2.75) is 19.4 Å². The average molecular weight is 278 g/mol. The van der Waals surface area contributed by atoms with Crippen LogP contribution < -0.4 is 14.8 Å². The van der Waals surface area contributed by atoms with Crippen LogP contribution in [0.15, 0.2) is 34.7 Å². The zero-order chi connectivity index (χ0) is 14.0. The quantitative estimate of drug-likeness (QED) is 0.918. The fourth-order valence-electron chi connectivity index (χ4n) is 1.64. The van der Waals surface area contributed by atoms with Crippen molar-refractivity contribution in [1.82, 2.24) is 0 Å². The van der Waals surface area contributed by atoms with Crippen molar-refractivity contribution in [2.75, 3.05) is 19.5 Å². The van der Waals surface area contributed by atoms with E-state index in [4.69, 9.17) is 9.47 Å². The molecular weight excluding hydrogens is 260 g/mol. The fourth-order valence-corrected chi connectivity index (χ4v) is 2.61. The molecule has 4 nitrogen and oxygen atoms in total. The van der Waals surface area contributed by atoms with Gasteiger partial charge in [-0.2, -0.15) is 0 Å². The van der Waals surface area contributed by atoms with E-state index in [9.17, 15) is 0 Å². The van der Waals surface area contributed by atoms with E-state index in [0.717, 1.165) is 27.3 Å². The molecule has 0 atom stereocenters. The number of methoxy groups -OCH3 is 2. The Kier molecular flexibility index (Phi) is 3.75. The van der Waals surface area contributed by atoms with Gasteiger partial charge in [0.2, 0.25) is 0 Å². The maximum atomic E-state index is 5.24. The van der Waals surface area contributed by atoms with Crippen LogP contribution in [0.3, 0.4) is 0 Å². The number of rotatable bonds is 3. The van der Waals surface area contributed by atoms with Crippen LogP contribution in [0.1, 0.15) is 13.8 Å². The second-order valence-corrected chi connectivity index (χ2v) is 5.81. The van der Waals surface area contributed by atoms with Crippen LogP contribution >= 0.6 is 11.8 Å². The molecule has 1 heterocycles. The third-order valence-corrected chi connectivity index (χ3v) is 4.02. The lowest BCUT2D eigenvalue weighted by Crippen LogP contribution is -2.13. The highest BCUT2D eigenvalue weighted by Crippen LogP contribution is 2.38. The van der Waals surface area contributed by atoms with Crippen molar-refractivity contribution >= 4 is 22.6 Å². The summed E-state index contributed by atoms with van der Waals surface area (Å²) < 4.78 is 10.5. The number of amidine groups is 1. The van der Waals surface area contributed by atoms with Gasteiger partial charge in [0.15, 0.2) is 5.17 Å². The number of benzene rings is 1. The number of anilines is 1. The van der Waals surface area contributed by atoms with Gasteiger partial charge >= 0.3 is 0 Å². The van der Waals surface area contributed by atoms with E-state index in [1.165, 1.54) is 0 Å². The summed E-state index contributed by atoms with van der Waals surface area (Å²) in [6.45, 7) is 8.11. The molecule has 1 aliphatic heterocycles. The fraction of sp³-hybridized carbons (Fsp3) is 0.357. The summed E-state index contributed by atoms with van der Waals surface area (Å²) >= 11 is 1.56. The number of ether oxygens (including phenoxy) is 2. The lowest BCUT2D eigenvalue weighted by molar-refractivity contribution is 0.395. The topological polar surface area (TPSA) is 42.8 Å². The van der Waals surface area contributed by atoms with Crippen molar-refractivity contribution < 1.29 is 9.47 Å². The SMILES string of the molecule is C=C1SC(Nc2cc(OC)cc(OC)c2)=NC1(C)C. The second-order valence-electron chi connectivity index (χ2n) is 4.73. The molecule has 1 N–H and O–H groups in total. The van der Waals surface area contributed by atoms with Gasteiger partial charge in [0.25, 0.3) is 0 Å². The molecule has 0 aliphatic carbocycles. The molecule has 0 unspecified atom stereocenters. The Morgan fingerprint density at radius 1 is 1.16 bits per heavy atom. The lowest BCUT2D eigenvalue weighted by Gasteiger charge is -2.12. The van der Waals surface area contributed by atoms with Gasteiger partial charge in [-0.25, -0.2) is 0 Å². The summed E-state index contributed by atoms with van der Waals surface area (Å²) in [6.07, 6.45) is 0. The van der Waals surface area contributed by atoms with Gasteiger partial charge < -0.3 is 14.8 Å². The zero-order valence-corrected chi connectivity index (χ0v) is 12.4. The highest BCUT2D eigenvalue weighted by molar-refractivity contribution is 8.17. The summed E-state index contributed by atoms with van der Waals surface area (Å²) in [5.41, 5.74) is 0.656. The summed E-state index contributed by atoms with van der Waals surface area (Å²) in [6, 6.07) is 5.64. The van der Waals surface area contributed by atoms with E-state index in [1.807, 2.05) is 32.0 Å². The van der Waals surface area contributed by atoms with Gasteiger partial charge in [-0.1, -0.05) is 18.3 Å². The molecule has 1 aliphatic rings. The van der Waals surface area contributed by atoms with Crippen LogP contribution in [0.2, 0.25) is 0 Å². The van der Waals surface area contributed by atoms with E-state index in [-0.39, 0.29) is 5.54 Å². The van der Waals surface area contributed by atoms with Crippen LogP contribution in [0, 0.1) is 0 Å². The van der Waals surface area contributed by atoms with Crippen molar-refractivity contribution in [3.8, 4) is 11.5 Å². The number of aliphatic imine (C=N–C) groups is 1. The minimum absolute atomic E-state index is 0.226. The predicted molar refractivity (Wildman–Crippen MR) is 81.4 cm³/mol. The molecule has 0 spiro atoms. The first kappa shape index (κ1) is 13.8. The average Bonchev–Trinajstić information content (AvgIpc) is 2.62. The van der Waals surface area contributed by atoms with Gasteiger partial charge in [0.1, 0.15) is 11.5 Å². The van der Waals surface area contributed by atoms with E-state index >= 15 is 0 Å². The molecule has 0 bridgehead atoms. The van der Waals surface area contributed by atoms with E-state index < -0.39 is 0 Å². The molecule has 1 aromatic carbocycles. The Labute approximate surface area is 117 Å². The van der Waals surface area contributed by atoms with Crippen LogP contribution in [0.5, 0.6) is 11.5 Å². The Morgan fingerprint density at radius 3 is 2.16 bits per heavy atom. The highest BCUT2D eigenvalue weighted by Gasteiger charge is 2.29. The first-order valence-corrected chi connectivity index (χ1v) is 6.73. The molecule has 5 heteroatoms. The third kappa shape index (κ3) is 3.04. The third-order valence-electron chi connectivity index (χ3n) is 2.89. The van der Waals surface area contributed by atoms with Gasteiger partial charge in [-0.15, -0.1) is 0 Å². The zero-order valence-electron chi connectivity index (χ0n) is 11.6. The maximum Gasteiger partial charge on any atom is 0.166 e. The maximum absolute atomic E-state index is 5.24. The van der Waals surface area contributed by atoms with Crippen molar-refractivity contribution in [3.05, 3.63) is 29.7 Å². The minimum Gasteiger partial charge on any atom is -0.497 e. The smallest absolute Gasteiger partial charge is 0.166 e. The predicted octanol–water partition coefficient (Wildman–Crippen LogP) is 3.51. The largest absolute Gasteiger partial charge is 0.497 e. The van der Waals surface area contributed by atoms with Crippen molar-refractivity contribution in [3.63, 3.8) is 0 Å². The molecule has 0 saturated heterocycles. The number of nitrogens with one attached hydrogen (secondary N) is 1. The molecule has 2 rings (SSSR count). The molecule has 1 aromatic rings. The highest BCUT2D eigenvalue weighted by atomic mass is 32.2. The molecular formula is C14H18N2O2S. The van der Waals surface area contributed by atoms with E-state index in [0.29, 0.717) is 0 Å². The molecule has 102 valence electrons. The van der Waals surface area contributed by atoms with E-state index in [1.54, 1.807) is 26.0 Å². The van der Waals surface area contributed by atoms with Crippen LogP contribution in [-0.2, 0) is 0 Å². The summed E-state index contributed by atoms with van der Waals surface area (Å²) in [5.74, 6) is 1.48.